The molecule has 2 rings (SSSR count). The fraction of sp³-hybridized carbons (Fsp3) is 0.286. The molecule has 2 aromatic rings. The van der Waals surface area contributed by atoms with E-state index in [9.17, 15) is 4.79 Å². The molecule has 0 fully saturated rings. The normalized spacial score (nSPS) is 10.6. The number of aromatic nitrogens is 2. The van der Waals surface area contributed by atoms with Gasteiger partial charge in [-0.15, -0.1) is 0 Å². The van der Waals surface area contributed by atoms with Crippen LogP contribution in [0.3, 0.4) is 0 Å². The molecule has 1 aromatic heterocycles. The summed E-state index contributed by atoms with van der Waals surface area (Å²) in [7, 11) is 0. The lowest BCUT2D eigenvalue weighted by atomic mass is 10.1. The molecular weight excluding hydrogens is 248 g/mol. The SMILES string of the molecule is CCn1nc(C)cc1C(=O)Cc1ccc(Cl)cc1. The minimum atomic E-state index is 0.0831. The number of Topliss-reactive ketones (excluding diaryl/α,β-unsaturated/α-hetero) is 1. The Hall–Kier alpha value is -1.61. The molecule has 0 saturated heterocycles. The highest BCUT2D eigenvalue weighted by Gasteiger charge is 2.13. The Morgan fingerprint density at radius 3 is 2.61 bits per heavy atom. The lowest BCUT2D eigenvalue weighted by Crippen LogP contribution is -2.11. The van der Waals surface area contributed by atoms with Gasteiger partial charge in [0.25, 0.3) is 0 Å². The summed E-state index contributed by atoms with van der Waals surface area (Å²) in [6.45, 7) is 4.58. The summed E-state index contributed by atoms with van der Waals surface area (Å²) < 4.78 is 1.74. The Kier molecular flexibility index (Phi) is 3.82. The molecule has 4 heteroatoms. The van der Waals surface area contributed by atoms with Crippen molar-refractivity contribution in [2.24, 2.45) is 0 Å². The second kappa shape index (κ2) is 5.36. The molecule has 1 heterocycles. The van der Waals surface area contributed by atoms with Gasteiger partial charge in [0.1, 0.15) is 5.69 Å². The molecule has 3 nitrogen and oxygen atoms in total. The van der Waals surface area contributed by atoms with Gasteiger partial charge in [-0.1, -0.05) is 23.7 Å². The summed E-state index contributed by atoms with van der Waals surface area (Å²) in [5.74, 6) is 0.0831. The largest absolute Gasteiger partial charge is 0.292 e. The van der Waals surface area contributed by atoms with E-state index in [2.05, 4.69) is 5.10 Å². The van der Waals surface area contributed by atoms with E-state index in [0.29, 0.717) is 23.7 Å². The monoisotopic (exact) mass is 262 g/mol. The molecule has 0 amide bonds. The van der Waals surface area contributed by atoms with Gasteiger partial charge in [0, 0.05) is 18.0 Å². The molecular formula is C14H15ClN2O. The van der Waals surface area contributed by atoms with Crippen molar-refractivity contribution in [3.8, 4) is 0 Å². The Morgan fingerprint density at radius 1 is 1.33 bits per heavy atom. The lowest BCUT2D eigenvalue weighted by molar-refractivity contribution is 0.0983. The third kappa shape index (κ3) is 2.79. The predicted octanol–water partition coefficient (Wildman–Crippen LogP) is 3.29. The van der Waals surface area contributed by atoms with Crippen LogP contribution in [0, 0.1) is 6.92 Å². The van der Waals surface area contributed by atoms with Crippen molar-refractivity contribution in [2.45, 2.75) is 26.8 Å². The van der Waals surface area contributed by atoms with Gasteiger partial charge in [0.15, 0.2) is 5.78 Å². The summed E-state index contributed by atoms with van der Waals surface area (Å²) in [5, 5.41) is 4.96. The summed E-state index contributed by atoms with van der Waals surface area (Å²) in [6.07, 6.45) is 0.377. The van der Waals surface area contributed by atoms with Gasteiger partial charge in [0.05, 0.1) is 5.69 Å². The average molecular weight is 263 g/mol. The molecule has 0 radical (unpaired) electrons. The zero-order chi connectivity index (χ0) is 13.1. The van der Waals surface area contributed by atoms with E-state index in [4.69, 9.17) is 11.6 Å². The molecule has 0 aliphatic carbocycles. The Morgan fingerprint density at radius 2 is 2.00 bits per heavy atom. The number of carbonyl (C=O) groups excluding carboxylic acids is 1. The first-order chi connectivity index (χ1) is 8.60. The standard InChI is InChI=1S/C14H15ClN2O/c1-3-17-13(8-10(2)16-17)14(18)9-11-4-6-12(15)7-5-11/h4-8H,3,9H2,1-2H3. The maximum Gasteiger partial charge on any atom is 0.185 e. The molecule has 0 bridgehead atoms. The van der Waals surface area contributed by atoms with Crippen molar-refractivity contribution >= 4 is 17.4 Å². The van der Waals surface area contributed by atoms with Crippen LogP contribution >= 0.6 is 11.6 Å². The van der Waals surface area contributed by atoms with Crippen molar-refractivity contribution in [1.82, 2.24) is 9.78 Å². The van der Waals surface area contributed by atoms with E-state index in [1.807, 2.05) is 32.0 Å². The topological polar surface area (TPSA) is 34.9 Å². The number of rotatable bonds is 4. The van der Waals surface area contributed by atoms with Gasteiger partial charge in [0.2, 0.25) is 0 Å². The van der Waals surface area contributed by atoms with Crippen LogP contribution in [-0.2, 0) is 13.0 Å². The quantitative estimate of drug-likeness (QED) is 0.793. The van der Waals surface area contributed by atoms with Gasteiger partial charge in [-0.25, -0.2) is 0 Å². The minimum Gasteiger partial charge on any atom is -0.292 e. The fourth-order valence-corrected chi connectivity index (χ4v) is 2.02. The molecule has 0 N–H and O–H groups in total. The van der Waals surface area contributed by atoms with Gasteiger partial charge in [-0.3, -0.25) is 9.48 Å². The van der Waals surface area contributed by atoms with Crippen LogP contribution in [0.25, 0.3) is 0 Å². The molecule has 0 aliphatic heterocycles. The van der Waals surface area contributed by atoms with Crippen molar-refractivity contribution in [3.05, 3.63) is 52.3 Å². The lowest BCUT2D eigenvalue weighted by Gasteiger charge is -2.04. The van der Waals surface area contributed by atoms with Gasteiger partial charge < -0.3 is 0 Å². The smallest absolute Gasteiger partial charge is 0.185 e. The van der Waals surface area contributed by atoms with Crippen LogP contribution in [0.1, 0.15) is 28.7 Å². The zero-order valence-corrected chi connectivity index (χ0v) is 11.2. The van der Waals surface area contributed by atoms with Crippen molar-refractivity contribution in [2.75, 3.05) is 0 Å². The fourth-order valence-electron chi connectivity index (χ4n) is 1.89. The van der Waals surface area contributed by atoms with E-state index < -0.39 is 0 Å². The van der Waals surface area contributed by atoms with E-state index >= 15 is 0 Å². The highest BCUT2D eigenvalue weighted by molar-refractivity contribution is 6.30. The minimum absolute atomic E-state index is 0.0831. The first kappa shape index (κ1) is 12.8. The van der Waals surface area contributed by atoms with Gasteiger partial charge >= 0.3 is 0 Å². The third-order valence-corrected chi connectivity index (χ3v) is 3.02. The molecule has 0 unspecified atom stereocenters. The van der Waals surface area contributed by atoms with Crippen molar-refractivity contribution in [1.29, 1.82) is 0 Å². The van der Waals surface area contributed by atoms with Crippen LogP contribution < -0.4 is 0 Å². The van der Waals surface area contributed by atoms with E-state index in [-0.39, 0.29) is 5.78 Å². The first-order valence-corrected chi connectivity index (χ1v) is 6.30. The van der Waals surface area contributed by atoms with Crippen LogP contribution in [-0.4, -0.2) is 15.6 Å². The summed E-state index contributed by atoms with van der Waals surface area (Å²) in [5.41, 5.74) is 2.51. The van der Waals surface area contributed by atoms with Crippen LogP contribution in [0.15, 0.2) is 30.3 Å². The molecule has 1 aromatic carbocycles. The number of hydrogen-bond donors (Lipinski definition) is 0. The molecule has 0 atom stereocenters. The number of ketones is 1. The van der Waals surface area contributed by atoms with Crippen LogP contribution in [0.2, 0.25) is 5.02 Å². The van der Waals surface area contributed by atoms with Gasteiger partial charge in [-0.05, 0) is 37.6 Å². The molecule has 0 spiro atoms. The zero-order valence-electron chi connectivity index (χ0n) is 10.5. The van der Waals surface area contributed by atoms with Crippen LogP contribution in [0.4, 0.5) is 0 Å². The Bertz CT molecular complexity index is 558. The number of aryl methyl sites for hydroxylation is 2. The highest BCUT2D eigenvalue weighted by atomic mass is 35.5. The number of carbonyl (C=O) groups is 1. The van der Waals surface area contributed by atoms with E-state index in [0.717, 1.165) is 11.3 Å². The van der Waals surface area contributed by atoms with Crippen LogP contribution in [0.5, 0.6) is 0 Å². The van der Waals surface area contributed by atoms with Gasteiger partial charge in [-0.2, -0.15) is 5.10 Å². The molecule has 0 aliphatic rings. The number of nitrogens with zero attached hydrogens (tertiary/aromatic N) is 2. The van der Waals surface area contributed by atoms with Crippen molar-refractivity contribution < 1.29 is 4.79 Å². The number of benzene rings is 1. The summed E-state index contributed by atoms with van der Waals surface area (Å²) >= 11 is 5.82. The average Bonchev–Trinajstić information content (AvgIpc) is 2.73. The van der Waals surface area contributed by atoms with E-state index in [1.165, 1.54) is 0 Å². The second-order valence-electron chi connectivity index (χ2n) is 4.21. The predicted molar refractivity (Wildman–Crippen MR) is 72.1 cm³/mol. The molecule has 94 valence electrons. The molecule has 0 saturated carbocycles. The first-order valence-electron chi connectivity index (χ1n) is 5.92. The van der Waals surface area contributed by atoms with Crippen molar-refractivity contribution in [3.63, 3.8) is 0 Å². The maximum atomic E-state index is 12.2. The Labute approximate surface area is 111 Å². The summed E-state index contributed by atoms with van der Waals surface area (Å²) in [6, 6.07) is 9.18. The second-order valence-corrected chi connectivity index (χ2v) is 4.65. The number of hydrogen-bond acceptors (Lipinski definition) is 2. The molecule has 18 heavy (non-hydrogen) atoms. The summed E-state index contributed by atoms with van der Waals surface area (Å²) in [4.78, 5) is 12.2. The highest BCUT2D eigenvalue weighted by Crippen LogP contribution is 2.13. The third-order valence-electron chi connectivity index (χ3n) is 2.77. The van der Waals surface area contributed by atoms with E-state index in [1.54, 1.807) is 16.8 Å². The number of halogens is 1. The Balaban J connectivity index is 2.19. The maximum absolute atomic E-state index is 12.2.